The summed E-state index contributed by atoms with van der Waals surface area (Å²) in [6.45, 7) is 4.10. The van der Waals surface area contributed by atoms with Crippen LogP contribution in [-0.4, -0.2) is 33.9 Å². The Bertz CT molecular complexity index is 770. The molecule has 25 heavy (non-hydrogen) atoms. The van der Waals surface area contributed by atoms with Gasteiger partial charge in [0.25, 0.3) is 11.6 Å². The lowest BCUT2D eigenvalue weighted by Gasteiger charge is -2.30. The first kappa shape index (κ1) is 16.8. The van der Waals surface area contributed by atoms with Crippen molar-refractivity contribution in [3.05, 3.63) is 52.3 Å². The van der Waals surface area contributed by atoms with Crippen molar-refractivity contribution in [3.8, 4) is 0 Å². The summed E-state index contributed by atoms with van der Waals surface area (Å²) in [5.41, 5.74) is 0.535. The number of nitro benzene ring substituents is 1. The Balaban J connectivity index is 1.66. The molecule has 0 atom stereocenters. The lowest BCUT2D eigenvalue weighted by Crippen LogP contribution is -2.34. The monoisotopic (exact) mass is 341 g/mol. The highest BCUT2D eigenvalue weighted by molar-refractivity contribution is 6.04. The van der Waals surface area contributed by atoms with Gasteiger partial charge in [-0.2, -0.15) is 0 Å². The molecule has 3 rings (SSSR count). The van der Waals surface area contributed by atoms with Gasteiger partial charge in [0.2, 0.25) is 5.95 Å². The van der Waals surface area contributed by atoms with Gasteiger partial charge in [-0.25, -0.2) is 9.97 Å². The van der Waals surface area contributed by atoms with Crippen LogP contribution in [0.15, 0.2) is 36.7 Å². The van der Waals surface area contributed by atoms with E-state index in [1.807, 2.05) is 0 Å². The molecular formula is C17H19N5O3. The fourth-order valence-electron chi connectivity index (χ4n) is 2.72. The molecular weight excluding hydrogens is 322 g/mol. The highest BCUT2D eigenvalue weighted by atomic mass is 16.6. The van der Waals surface area contributed by atoms with Crippen LogP contribution in [0.5, 0.6) is 0 Å². The van der Waals surface area contributed by atoms with Gasteiger partial charge >= 0.3 is 0 Å². The van der Waals surface area contributed by atoms with Crippen LogP contribution < -0.4 is 10.2 Å². The molecule has 1 fully saturated rings. The smallest absolute Gasteiger partial charge is 0.270 e. The number of carbonyl (C=O) groups excluding carboxylic acids is 1. The van der Waals surface area contributed by atoms with Crippen LogP contribution in [0.4, 0.5) is 17.3 Å². The van der Waals surface area contributed by atoms with Crippen LogP contribution in [-0.2, 0) is 0 Å². The molecule has 1 aromatic heterocycles. The minimum absolute atomic E-state index is 0.126. The standard InChI is InChI=1S/C17H19N5O3/c1-12-5-7-21(8-6-12)17-18-10-14(11-19-17)20-16(23)13-3-2-4-15(9-13)22(24)25/h2-4,9-12H,5-8H2,1H3,(H,20,23). The number of anilines is 2. The van der Waals surface area contributed by atoms with E-state index in [0.717, 1.165) is 31.8 Å². The number of carbonyl (C=O) groups is 1. The zero-order valence-corrected chi connectivity index (χ0v) is 13.9. The van der Waals surface area contributed by atoms with Crippen LogP contribution in [0.2, 0.25) is 0 Å². The highest BCUT2D eigenvalue weighted by Crippen LogP contribution is 2.20. The third kappa shape index (κ3) is 4.09. The maximum absolute atomic E-state index is 12.2. The van der Waals surface area contributed by atoms with E-state index in [4.69, 9.17) is 0 Å². The van der Waals surface area contributed by atoms with E-state index >= 15 is 0 Å². The van der Waals surface area contributed by atoms with Gasteiger partial charge in [-0.1, -0.05) is 13.0 Å². The van der Waals surface area contributed by atoms with E-state index in [0.29, 0.717) is 11.6 Å². The number of aromatic nitrogens is 2. The van der Waals surface area contributed by atoms with Crippen molar-refractivity contribution in [2.45, 2.75) is 19.8 Å². The summed E-state index contributed by atoms with van der Waals surface area (Å²) >= 11 is 0. The Labute approximate surface area is 145 Å². The molecule has 1 aromatic carbocycles. The molecule has 0 aliphatic carbocycles. The fraction of sp³-hybridized carbons (Fsp3) is 0.353. The number of amides is 1. The second-order valence-electron chi connectivity index (χ2n) is 6.20. The van der Waals surface area contributed by atoms with Gasteiger partial charge in [-0.3, -0.25) is 14.9 Å². The Morgan fingerprint density at radius 3 is 2.60 bits per heavy atom. The van der Waals surface area contributed by atoms with Crippen molar-refractivity contribution in [2.75, 3.05) is 23.3 Å². The van der Waals surface area contributed by atoms with Gasteiger partial charge in [0.05, 0.1) is 23.0 Å². The van der Waals surface area contributed by atoms with E-state index < -0.39 is 10.8 Å². The van der Waals surface area contributed by atoms with Crippen molar-refractivity contribution < 1.29 is 9.72 Å². The number of nitrogens with zero attached hydrogens (tertiary/aromatic N) is 4. The topological polar surface area (TPSA) is 101 Å². The zero-order chi connectivity index (χ0) is 17.8. The molecule has 1 amide bonds. The molecule has 1 saturated heterocycles. The van der Waals surface area contributed by atoms with Crippen LogP contribution in [0.25, 0.3) is 0 Å². The molecule has 1 aliphatic heterocycles. The van der Waals surface area contributed by atoms with Crippen molar-refractivity contribution in [2.24, 2.45) is 5.92 Å². The summed E-state index contributed by atoms with van der Waals surface area (Å²) < 4.78 is 0. The number of non-ortho nitro benzene ring substituents is 1. The maximum atomic E-state index is 12.2. The van der Waals surface area contributed by atoms with Gasteiger partial charge in [0, 0.05) is 30.8 Å². The maximum Gasteiger partial charge on any atom is 0.270 e. The molecule has 1 N–H and O–H groups in total. The molecule has 0 radical (unpaired) electrons. The molecule has 130 valence electrons. The van der Waals surface area contributed by atoms with Crippen molar-refractivity contribution in [1.29, 1.82) is 0 Å². The SMILES string of the molecule is CC1CCN(c2ncc(NC(=O)c3cccc([N+](=O)[O-])c3)cn2)CC1. The summed E-state index contributed by atoms with van der Waals surface area (Å²) in [4.78, 5) is 33.2. The lowest BCUT2D eigenvalue weighted by molar-refractivity contribution is -0.384. The number of rotatable bonds is 4. The molecule has 8 heteroatoms. The predicted octanol–water partition coefficient (Wildman–Crippen LogP) is 2.87. The quantitative estimate of drug-likeness (QED) is 0.678. The first-order chi connectivity index (χ1) is 12.0. The minimum Gasteiger partial charge on any atom is -0.341 e. The molecule has 2 aromatic rings. The molecule has 2 heterocycles. The van der Waals surface area contributed by atoms with Crippen molar-refractivity contribution in [3.63, 3.8) is 0 Å². The Kier molecular flexibility index (Phi) is 4.87. The van der Waals surface area contributed by atoms with Gasteiger partial charge in [0.1, 0.15) is 0 Å². The van der Waals surface area contributed by atoms with Crippen LogP contribution >= 0.6 is 0 Å². The molecule has 1 aliphatic rings. The first-order valence-corrected chi connectivity index (χ1v) is 8.16. The number of hydrogen-bond acceptors (Lipinski definition) is 6. The molecule has 8 nitrogen and oxygen atoms in total. The third-order valence-electron chi connectivity index (χ3n) is 4.28. The van der Waals surface area contributed by atoms with E-state index in [1.54, 1.807) is 12.4 Å². The van der Waals surface area contributed by atoms with Gasteiger partial charge in [0.15, 0.2) is 0 Å². The summed E-state index contributed by atoms with van der Waals surface area (Å²) in [5.74, 6) is 0.942. The van der Waals surface area contributed by atoms with Crippen molar-refractivity contribution in [1.82, 2.24) is 9.97 Å². The average molecular weight is 341 g/mol. The van der Waals surface area contributed by atoms with Crippen LogP contribution in [0, 0.1) is 16.0 Å². The normalized spacial score (nSPS) is 15.0. The van der Waals surface area contributed by atoms with Gasteiger partial charge < -0.3 is 10.2 Å². The van der Waals surface area contributed by atoms with E-state index in [1.165, 1.54) is 24.3 Å². The Morgan fingerprint density at radius 2 is 1.96 bits per heavy atom. The first-order valence-electron chi connectivity index (χ1n) is 8.16. The largest absolute Gasteiger partial charge is 0.341 e. The second kappa shape index (κ2) is 7.25. The van der Waals surface area contributed by atoms with Crippen LogP contribution in [0.1, 0.15) is 30.1 Å². The number of hydrogen-bond donors (Lipinski definition) is 1. The van der Waals surface area contributed by atoms with Crippen LogP contribution in [0.3, 0.4) is 0 Å². The number of nitrogens with one attached hydrogen (secondary N) is 1. The summed E-state index contributed by atoms with van der Waals surface area (Å²) in [5, 5.41) is 13.4. The predicted molar refractivity (Wildman–Crippen MR) is 93.7 cm³/mol. The second-order valence-corrected chi connectivity index (χ2v) is 6.20. The molecule has 0 bridgehead atoms. The summed E-state index contributed by atoms with van der Waals surface area (Å²) in [7, 11) is 0. The third-order valence-corrected chi connectivity index (χ3v) is 4.28. The number of piperidine rings is 1. The molecule has 0 unspecified atom stereocenters. The fourth-order valence-corrected chi connectivity index (χ4v) is 2.72. The molecule has 0 spiro atoms. The average Bonchev–Trinajstić information content (AvgIpc) is 2.63. The Morgan fingerprint density at radius 1 is 1.28 bits per heavy atom. The Hall–Kier alpha value is -3.03. The highest BCUT2D eigenvalue weighted by Gasteiger charge is 2.18. The van der Waals surface area contributed by atoms with E-state index in [2.05, 4.69) is 27.1 Å². The summed E-state index contributed by atoms with van der Waals surface area (Å²) in [6, 6.07) is 5.57. The zero-order valence-electron chi connectivity index (χ0n) is 13.9. The van der Waals surface area contributed by atoms with E-state index in [9.17, 15) is 14.9 Å². The number of benzene rings is 1. The minimum atomic E-state index is -0.534. The van der Waals surface area contributed by atoms with Gasteiger partial charge in [-0.05, 0) is 24.8 Å². The summed E-state index contributed by atoms with van der Waals surface area (Å²) in [6.07, 6.45) is 5.34. The number of nitro groups is 1. The van der Waals surface area contributed by atoms with Gasteiger partial charge in [-0.15, -0.1) is 0 Å². The lowest BCUT2D eigenvalue weighted by atomic mass is 10.00. The van der Waals surface area contributed by atoms with E-state index in [-0.39, 0.29) is 11.3 Å². The van der Waals surface area contributed by atoms with Crippen molar-refractivity contribution >= 4 is 23.2 Å². The molecule has 0 saturated carbocycles.